The number of amides is 4. The van der Waals surface area contributed by atoms with E-state index in [4.69, 9.17) is 9.47 Å². The first-order valence-electron chi connectivity index (χ1n) is 11.4. The second-order valence-corrected chi connectivity index (χ2v) is 10.2. The molecule has 0 spiro atoms. The predicted octanol–water partition coefficient (Wildman–Crippen LogP) is 4.23. The van der Waals surface area contributed by atoms with Gasteiger partial charge in [-0.25, -0.2) is 24.6 Å². The van der Waals surface area contributed by atoms with Gasteiger partial charge in [0, 0.05) is 13.1 Å². The Balaban J connectivity index is 1.74. The SMILES string of the molecule is CCC(C)C(NC(=O)OC(C)(C)C)C(=O)N1CCCN1C(=O)Nc1nc2c(OC)cccc2s1. The maximum absolute atomic E-state index is 13.4. The fourth-order valence-corrected chi connectivity index (χ4v) is 4.50. The molecule has 0 saturated carbocycles. The lowest BCUT2D eigenvalue weighted by atomic mass is 9.98. The minimum atomic E-state index is -0.819. The van der Waals surface area contributed by atoms with Gasteiger partial charge in [0.1, 0.15) is 22.9 Å². The van der Waals surface area contributed by atoms with Crippen LogP contribution in [0.25, 0.3) is 10.2 Å². The third kappa shape index (κ3) is 5.88. The summed E-state index contributed by atoms with van der Waals surface area (Å²) >= 11 is 1.33. The standard InChI is InChI=1S/C23H33N5O5S/c1-7-14(2)17(25-22(31)33-23(3,4)5)19(29)27-12-9-13-28(27)21(30)26-20-24-18-15(32-6)10-8-11-16(18)34-20/h8,10-11,14,17H,7,9,12-13H2,1-6H3,(H,25,31)(H,24,26,30). The highest BCUT2D eigenvalue weighted by Crippen LogP contribution is 2.32. The number of nitrogens with one attached hydrogen (secondary N) is 2. The number of hydrogen-bond acceptors (Lipinski definition) is 7. The molecule has 1 aliphatic rings. The lowest BCUT2D eigenvalue weighted by Gasteiger charge is -2.33. The Labute approximate surface area is 203 Å². The molecule has 3 rings (SSSR count). The van der Waals surface area contributed by atoms with Crippen LogP contribution in [0.1, 0.15) is 47.5 Å². The van der Waals surface area contributed by atoms with E-state index in [9.17, 15) is 14.4 Å². The third-order valence-electron chi connectivity index (χ3n) is 5.49. The van der Waals surface area contributed by atoms with Crippen molar-refractivity contribution in [1.29, 1.82) is 0 Å². The van der Waals surface area contributed by atoms with E-state index in [1.165, 1.54) is 21.4 Å². The normalized spacial score (nSPS) is 15.7. The van der Waals surface area contributed by atoms with Crippen LogP contribution in [0.5, 0.6) is 5.75 Å². The number of alkyl carbamates (subject to hydrolysis) is 1. The summed E-state index contributed by atoms with van der Waals surface area (Å²) in [6.45, 7) is 9.87. The van der Waals surface area contributed by atoms with Gasteiger partial charge in [-0.05, 0) is 45.2 Å². The Morgan fingerprint density at radius 3 is 2.56 bits per heavy atom. The monoisotopic (exact) mass is 491 g/mol. The molecule has 10 nitrogen and oxygen atoms in total. The van der Waals surface area contributed by atoms with Crippen LogP contribution in [0.2, 0.25) is 0 Å². The fourth-order valence-electron chi connectivity index (χ4n) is 3.63. The average Bonchev–Trinajstić information content (AvgIpc) is 3.41. The molecule has 1 aromatic heterocycles. The predicted molar refractivity (Wildman–Crippen MR) is 131 cm³/mol. The first kappa shape index (κ1) is 25.5. The maximum Gasteiger partial charge on any atom is 0.408 e. The molecule has 186 valence electrons. The number of para-hydroxylation sites is 1. The molecule has 11 heteroatoms. The lowest BCUT2D eigenvalue weighted by molar-refractivity contribution is -0.143. The second-order valence-electron chi connectivity index (χ2n) is 9.20. The van der Waals surface area contributed by atoms with Gasteiger partial charge < -0.3 is 14.8 Å². The van der Waals surface area contributed by atoms with E-state index in [0.29, 0.717) is 42.3 Å². The highest BCUT2D eigenvalue weighted by Gasteiger charge is 2.38. The van der Waals surface area contributed by atoms with Crippen molar-refractivity contribution in [3.63, 3.8) is 0 Å². The van der Waals surface area contributed by atoms with E-state index in [-0.39, 0.29) is 11.8 Å². The second kappa shape index (κ2) is 10.5. The molecule has 2 unspecified atom stereocenters. The van der Waals surface area contributed by atoms with Crippen LogP contribution < -0.4 is 15.4 Å². The smallest absolute Gasteiger partial charge is 0.408 e. The van der Waals surface area contributed by atoms with E-state index in [1.54, 1.807) is 33.9 Å². The van der Waals surface area contributed by atoms with Gasteiger partial charge in [0.2, 0.25) is 0 Å². The number of anilines is 1. The maximum atomic E-state index is 13.4. The van der Waals surface area contributed by atoms with Crippen LogP contribution in [0, 0.1) is 5.92 Å². The van der Waals surface area contributed by atoms with Crippen molar-refractivity contribution < 1.29 is 23.9 Å². The van der Waals surface area contributed by atoms with Crippen molar-refractivity contribution in [2.45, 2.75) is 59.1 Å². The molecule has 1 saturated heterocycles. The Bertz CT molecular complexity index is 1050. The molecule has 0 bridgehead atoms. The number of benzene rings is 1. The molecular weight excluding hydrogens is 458 g/mol. The van der Waals surface area contributed by atoms with Gasteiger partial charge in [-0.3, -0.25) is 10.1 Å². The Morgan fingerprint density at radius 2 is 1.91 bits per heavy atom. The van der Waals surface area contributed by atoms with Crippen LogP contribution in [0.15, 0.2) is 18.2 Å². The average molecular weight is 492 g/mol. The first-order chi connectivity index (χ1) is 16.0. The molecule has 1 aliphatic heterocycles. The number of thiazole rings is 1. The molecule has 34 heavy (non-hydrogen) atoms. The summed E-state index contributed by atoms with van der Waals surface area (Å²) in [5.74, 6) is 0.123. The summed E-state index contributed by atoms with van der Waals surface area (Å²) in [7, 11) is 1.57. The van der Waals surface area contributed by atoms with Crippen molar-refractivity contribution in [2.75, 3.05) is 25.5 Å². The number of rotatable bonds is 6. The van der Waals surface area contributed by atoms with Crippen molar-refractivity contribution in [3.05, 3.63) is 18.2 Å². The van der Waals surface area contributed by atoms with E-state index < -0.39 is 23.8 Å². The molecule has 2 atom stereocenters. The van der Waals surface area contributed by atoms with E-state index in [0.717, 1.165) is 4.70 Å². The quantitative estimate of drug-likeness (QED) is 0.625. The number of carbonyl (C=O) groups excluding carboxylic acids is 3. The van der Waals surface area contributed by atoms with Gasteiger partial charge in [-0.1, -0.05) is 37.7 Å². The molecule has 2 heterocycles. The van der Waals surface area contributed by atoms with Gasteiger partial charge in [0.25, 0.3) is 5.91 Å². The Kier molecular flexibility index (Phi) is 7.86. The lowest BCUT2D eigenvalue weighted by Crippen LogP contribution is -2.56. The molecule has 1 aromatic carbocycles. The number of hydrazine groups is 1. The van der Waals surface area contributed by atoms with Gasteiger partial charge in [-0.2, -0.15) is 0 Å². The van der Waals surface area contributed by atoms with Crippen molar-refractivity contribution in [2.24, 2.45) is 5.92 Å². The zero-order chi connectivity index (χ0) is 25.0. The Hall–Kier alpha value is -3.08. The van der Waals surface area contributed by atoms with Crippen LogP contribution in [0.4, 0.5) is 14.7 Å². The molecule has 4 amide bonds. The van der Waals surface area contributed by atoms with Crippen LogP contribution >= 0.6 is 11.3 Å². The van der Waals surface area contributed by atoms with Crippen LogP contribution in [-0.4, -0.2) is 64.9 Å². The highest BCUT2D eigenvalue weighted by atomic mass is 32.1. The number of carbonyl (C=O) groups is 3. The molecule has 1 fully saturated rings. The molecule has 2 aromatic rings. The van der Waals surface area contributed by atoms with Gasteiger partial charge in [0.05, 0.1) is 11.8 Å². The summed E-state index contributed by atoms with van der Waals surface area (Å²) in [5, 5.41) is 8.69. The van der Waals surface area contributed by atoms with E-state index in [1.807, 2.05) is 26.0 Å². The summed E-state index contributed by atoms with van der Waals surface area (Å²) in [5.41, 5.74) is -0.0230. The summed E-state index contributed by atoms with van der Waals surface area (Å²) in [4.78, 5) is 43.4. The van der Waals surface area contributed by atoms with E-state index >= 15 is 0 Å². The van der Waals surface area contributed by atoms with Crippen molar-refractivity contribution >= 4 is 44.7 Å². The van der Waals surface area contributed by atoms with Gasteiger partial charge in [-0.15, -0.1) is 0 Å². The van der Waals surface area contributed by atoms with Crippen molar-refractivity contribution in [1.82, 2.24) is 20.3 Å². The molecule has 0 aliphatic carbocycles. The number of methoxy groups -OCH3 is 1. The van der Waals surface area contributed by atoms with E-state index in [2.05, 4.69) is 15.6 Å². The fraction of sp³-hybridized carbons (Fsp3) is 0.565. The first-order valence-corrected chi connectivity index (χ1v) is 12.2. The summed E-state index contributed by atoms with van der Waals surface area (Å²) in [6, 6.07) is 4.29. The number of nitrogens with zero attached hydrogens (tertiary/aromatic N) is 3. The van der Waals surface area contributed by atoms with Gasteiger partial charge >= 0.3 is 12.1 Å². The zero-order valence-corrected chi connectivity index (χ0v) is 21.3. The molecular formula is C23H33N5O5S. The summed E-state index contributed by atoms with van der Waals surface area (Å²) < 4.78 is 11.6. The minimum Gasteiger partial charge on any atom is -0.494 e. The molecule has 2 N–H and O–H groups in total. The third-order valence-corrected chi connectivity index (χ3v) is 6.42. The number of urea groups is 1. The number of ether oxygens (including phenoxy) is 2. The topological polar surface area (TPSA) is 113 Å². The number of fused-ring (bicyclic) bond motifs is 1. The largest absolute Gasteiger partial charge is 0.494 e. The molecule has 0 radical (unpaired) electrons. The number of hydrogen-bond donors (Lipinski definition) is 2. The van der Waals surface area contributed by atoms with Crippen LogP contribution in [0.3, 0.4) is 0 Å². The summed E-state index contributed by atoms with van der Waals surface area (Å²) in [6.07, 6.45) is 0.636. The van der Waals surface area contributed by atoms with Crippen molar-refractivity contribution in [3.8, 4) is 5.75 Å². The number of aromatic nitrogens is 1. The minimum absolute atomic E-state index is 0.151. The highest BCUT2D eigenvalue weighted by molar-refractivity contribution is 7.22. The Morgan fingerprint density at radius 1 is 1.21 bits per heavy atom. The zero-order valence-electron chi connectivity index (χ0n) is 20.5. The van der Waals surface area contributed by atoms with Gasteiger partial charge in [0.15, 0.2) is 5.13 Å². The van der Waals surface area contributed by atoms with Crippen LogP contribution in [-0.2, 0) is 9.53 Å².